The number of rotatable bonds is 7. The maximum atomic E-state index is 12.8. The number of anilines is 2. The van der Waals surface area contributed by atoms with E-state index in [9.17, 15) is 14.9 Å². The number of furan rings is 1. The molecule has 168 valence electrons. The van der Waals surface area contributed by atoms with E-state index in [1.165, 1.54) is 18.7 Å². The van der Waals surface area contributed by atoms with Crippen LogP contribution in [0.4, 0.5) is 11.6 Å². The summed E-state index contributed by atoms with van der Waals surface area (Å²) in [6.45, 7) is 1.43. The normalized spacial score (nSPS) is 10.4. The SMILES string of the molecule is CC(=O)Nc1ccccc1SCC(=O)Nc1oc(-c2ccccc2)c(-c2ccccc2)c1C#N. The second-order valence-electron chi connectivity index (χ2n) is 7.37. The standard InChI is InChI=1S/C27H21N3O3S/c1-18(31)29-22-14-8-9-15-23(22)34-17-24(32)30-27-21(16-28)25(19-10-4-2-5-11-19)26(33-27)20-12-6-3-7-13-20/h2-15H,17H2,1H3,(H,29,31)(H,30,32). The lowest BCUT2D eigenvalue weighted by atomic mass is 9.98. The molecule has 1 heterocycles. The Labute approximate surface area is 201 Å². The molecule has 0 fully saturated rings. The van der Waals surface area contributed by atoms with Crippen LogP contribution >= 0.6 is 11.8 Å². The Morgan fingerprint density at radius 2 is 1.50 bits per heavy atom. The van der Waals surface area contributed by atoms with Crippen LogP contribution in [0.3, 0.4) is 0 Å². The molecule has 0 bridgehead atoms. The highest BCUT2D eigenvalue weighted by molar-refractivity contribution is 8.00. The molecule has 7 heteroatoms. The summed E-state index contributed by atoms with van der Waals surface area (Å²) in [6, 6.07) is 28.4. The second-order valence-corrected chi connectivity index (χ2v) is 8.39. The Morgan fingerprint density at radius 3 is 2.15 bits per heavy atom. The molecule has 0 spiro atoms. The summed E-state index contributed by atoms with van der Waals surface area (Å²) >= 11 is 1.28. The Hall–Kier alpha value is -4.28. The Balaban J connectivity index is 1.62. The van der Waals surface area contributed by atoms with Gasteiger partial charge in [0.15, 0.2) is 0 Å². The molecule has 0 aliphatic carbocycles. The molecule has 0 saturated carbocycles. The van der Waals surface area contributed by atoms with Crippen molar-refractivity contribution >= 4 is 35.1 Å². The number of nitrogens with zero attached hydrogens (tertiary/aromatic N) is 1. The topological polar surface area (TPSA) is 95.1 Å². The third-order valence-corrected chi connectivity index (χ3v) is 6.00. The summed E-state index contributed by atoms with van der Waals surface area (Å²) in [5.41, 5.74) is 3.16. The molecule has 2 N–H and O–H groups in total. The van der Waals surface area contributed by atoms with Crippen LogP contribution in [-0.4, -0.2) is 17.6 Å². The number of amides is 2. The van der Waals surface area contributed by atoms with Crippen LogP contribution in [0.1, 0.15) is 12.5 Å². The molecule has 1 aromatic heterocycles. The fourth-order valence-corrected chi connectivity index (χ4v) is 4.30. The monoisotopic (exact) mass is 467 g/mol. The third kappa shape index (κ3) is 5.20. The van der Waals surface area contributed by atoms with Crippen molar-refractivity contribution in [1.29, 1.82) is 5.26 Å². The molecule has 0 aliphatic heterocycles. The van der Waals surface area contributed by atoms with Gasteiger partial charge in [-0.1, -0.05) is 72.8 Å². The largest absolute Gasteiger partial charge is 0.438 e. The lowest BCUT2D eigenvalue weighted by Crippen LogP contribution is -2.14. The zero-order valence-corrected chi connectivity index (χ0v) is 19.2. The second kappa shape index (κ2) is 10.6. The predicted octanol–water partition coefficient (Wildman–Crippen LogP) is 6.17. The van der Waals surface area contributed by atoms with E-state index in [1.54, 1.807) is 6.07 Å². The molecule has 0 saturated heterocycles. The van der Waals surface area contributed by atoms with Gasteiger partial charge in [-0.25, -0.2) is 0 Å². The van der Waals surface area contributed by atoms with E-state index in [-0.39, 0.29) is 29.0 Å². The van der Waals surface area contributed by atoms with Crippen LogP contribution in [0.25, 0.3) is 22.5 Å². The van der Waals surface area contributed by atoms with Gasteiger partial charge in [0.2, 0.25) is 17.7 Å². The Morgan fingerprint density at radius 1 is 0.882 bits per heavy atom. The average Bonchev–Trinajstić information content (AvgIpc) is 3.22. The van der Waals surface area contributed by atoms with Gasteiger partial charge in [-0.2, -0.15) is 5.26 Å². The Kier molecular flexibility index (Phi) is 7.11. The van der Waals surface area contributed by atoms with E-state index in [0.29, 0.717) is 17.0 Å². The van der Waals surface area contributed by atoms with E-state index in [1.807, 2.05) is 78.9 Å². The molecule has 0 aliphatic rings. The van der Waals surface area contributed by atoms with Gasteiger partial charge in [0.05, 0.1) is 11.4 Å². The first-order valence-corrected chi connectivity index (χ1v) is 11.5. The van der Waals surface area contributed by atoms with Crippen molar-refractivity contribution in [2.45, 2.75) is 11.8 Å². The van der Waals surface area contributed by atoms with Crippen molar-refractivity contribution < 1.29 is 14.0 Å². The number of thioether (sulfide) groups is 1. The lowest BCUT2D eigenvalue weighted by Gasteiger charge is -2.09. The first-order valence-electron chi connectivity index (χ1n) is 10.5. The van der Waals surface area contributed by atoms with E-state index in [0.717, 1.165) is 16.0 Å². The third-order valence-electron chi connectivity index (χ3n) is 4.93. The van der Waals surface area contributed by atoms with Crippen LogP contribution < -0.4 is 10.6 Å². The molecule has 0 radical (unpaired) electrons. The van der Waals surface area contributed by atoms with Crippen molar-refractivity contribution in [2.75, 3.05) is 16.4 Å². The highest BCUT2D eigenvalue weighted by Crippen LogP contribution is 2.41. The summed E-state index contributed by atoms with van der Waals surface area (Å²) < 4.78 is 6.06. The van der Waals surface area contributed by atoms with Crippen LogP contribution in [0.15, 0.2) is 94.2 Å². The number of hydrogen-bond acceptors (Lipinski definition) is 5. The minimum atomic E-state index is -0.327. The van der Waals surface area contributed by atoms with Crippen molar-refractivity contribution in [2.24, 2.45) is 0 Å². The van der Waals surface area contributed by atoms with Crippen LogP contribution in [0.5, 0.6) is 0 Å². The van der Waals surface area contributed by atoms with Gasteiger partial charge < -0.3 is 9.73 Å². The van der Waals surface area contributed by atoms with Gasteiger partial charge >= 0.3 is 0 Å². The predicted molar refractivity (Wildman–Crippen MR) is 134 cm³/mol. The van der Waals surface area contributed by atoms with Crippen molar-refractivity contribution in [3.05, 3.63) is 90.5 Å². The Bertz CT molecular complexity index is 1360. The highest BCUT2D eigenvalue weighted by atomic mass is 32.2. The maximum absolute atomic E-state index is 12.8. The first kappa shape index (κ1) is 22.9. The molecule has 0 atom stereocenters. The molecule has 34 heavy (non-hydrogen) atoms. The van der Waals surface area contributed by atoms with Gasteiger partial charge in [-0.15, -0.1) is 11.8 Å². The van der Waals surface area contributed by atoms with Crippen LogP contribution in [0.2, 0.25) is 0 Å². The smallest absolute Gasteiger partial charge is 0.237 e. The van der Waals surface area contributed by atoms with E-state index >= 15 is 0 Å². The fourth-order valence-electron chi connectivity index (χ4n) is 3.49. The van der Waals surface area contributed by atoms with Gasteiger partial charge in [0.1, 0.15) is 17.4 Å². The van der Waals surface area contributed by atoms with Crippen LogP contribution in [-0.2, 0) is 9.59 Å². The summed E-state index contributed by atoms with van der Waals surface area (Å²) in [4.78, 5) is 25.0. The summed E-state index contributed by atoms with van der Waals surface area (Å²) in [5, 5.41) is 15.5. The first-order chi connectivity index (χ1) is 16.6. The zero-order valence-electron chi connectivity index (χ0n) is 18.4. The summed E-state index contributed by atoms with van der Waals surface area (Å²) in [6.07, 6.45) is 0. The number of carbonyl (C=O) groups excluding carboxylic acids is 2. The highest BCUT2D eigenvalue weighted by Gasteiger charge is 2.24. The van der Waals surface area contributed by atoms with Gasteiger partial charge in [-0.3, -0.25) is 14.9 Å². The summed E-state index contributed by atoms with van der Waals surface area (Å²) in [5.74, 6) is 0.188. The fraction of sp³-hybridized carbons (Fsp3) is 0.0741. The van der Waals surface area contributed by atoms with E-state index in [4.69, 9.17) is 4.42 Å². The molecular weight excluding hydrogens is 446 g/mol. The average molecular weight is 468 g/mol. The van der Waals surface area contributed by atoms with Crippen molar-refractivity contribution in [3.63, 3.8) is 0 Å². The van der Waals surface area contributed by atoms with Gasteiger partial charge in [0.25, 0.3) is 0 Å². The maximum Gasteiger partial charge on any atom is 0.237 e. The van der Waals surface area contributed by atoms with E-state index in [2.05, 4.69) is 16.7 Å². The van der Waals surface area contributed by atoms with Gasteiger partial charge in [0, 0.05) is 22.9 Å². The molecule has 3 aromatic carbocycles. The number of benzene rings is 3. The van der Waals surface area contributed by atoms with Gasteiger partial charge in [-0.05, 0) is 17.7 Å². The zero-order chi connectivity index (χ0) is 23.9. The number of nitriles is 1. The van der Waals surface area contributed by atoms with E-state index < -0.39 is 0 Å². The number of para-hydroxylation sites is 1. The minimum Gasteiger partial charge on any atom is -0.438 e. The molecule has 4 rings (SSSR count). The molecule has 0 unspecified atom stereocenters. The van der Waals surface area contributed by atoms with Crippen molar-refractivity contribution in [3.8, 4) is 28.5 Å². The lowest BCUT2D eigenvalue weighted by molar-refractivity contribution is -0.114. The summed E-state index contributed by atoms with van der Waals surface area (Å²) in [7, 11) is 0. The quantitative estimate of drug-likeness (QED) is 0.317. The molecule has 2 amide bonds. The number of nitrogens with one attached hydrogen (secondary N) is 2. The molecular formula is C27H21N3O3S. The molecule has 6 nitrogen and oxygen atoms in total. The number of hydrogen-bond donors (Lipinski definition) is 2. The number of carbonyl (C=O) groups is 2. The molecule has 4 aromatic rings. The minimum absolute atomic E-state index is 0.0729. The van der Waals surface area contributed by atoms with Crippen LogP contribution in [0, 0.1) is 11.3 Å². The van der Waals surface area contributed by atoms with Crippen molar-refractivity contribution in [1.82, 2.24) is 0 Å².